The maximum Gasteiger partial charge on any atom is 0.123 e. The van der Waals surface area contributed by atoms with Crippen molar-refractivity contribution >= 4 is 17.0 Å². The minimum absolute atomic E-state index is 0.0687. The van der Waals surface area contributed by atoms with E-state index in [1.54, 1.807) is 11.3 Å². The Hall–Kier alpha value is -1.39. The average molecular weight is 248 g/mol. The number of aryl methyl sites for hydroxylation is 1. The third kappa shape index (κ3) is 2.48. The van der Waals surface area contributed by atoms with Crippen molar-refractivity contribution in [1.82, 2.24) is 4.98 Å². The molecule has 0 radical (unpaired) electrons. The van der Waals surface area contributed by atoms with Gasteiger partial charge in [0.25, 0.3) is 0 Å². The molecule has 2 rings (SSSR count). The number of rotatable bonds is 3. The molecule has 0 atom stereocenters. The zero-order chi connectivity index (χ0) is 12.4. The Labute approximate surface area is 105 Å². The summed E-state index contributed by atoms with van der Waals surface area (Å²) in [5.41, 5.74) is 3.19. The number of hydrogen-bond acceptors (Lipinski definition) is 4. The minimum atomic E-state index is 0.0687. The predicted octanol–water partition coefficient (Wildman–Crippen LogP) is 2.68. The molecule has 90 valence electrons. The maximum atomic E-state index is 9.16. The summed E-state index contributed by atoms with van der Waals surface area (Å²) in [4.78, 5) is 7.48. The van der Waals surface area contributed by atoms with E-state index in [1.165, 1.54) is 5.69 Å². The van der Waals surface area contributed by atoms with Crippen molar-refractivity contribution < 1.29 is 5.11 Å². The number of hydrogen-bond donors (Lipinski definition) is 1. The van der Waals surface area contributed by atoms with E-state index in [0.29, 0.717) is 0 Å². The molecule has 0 aliphatic rings. The molecule has 1 heterocycles. The number of aliphatic hydroxyl groups is 1. The summed E-state index contributed by atoms with van der Waals surface area (Å²) in [7, 11) is 4.04. The molecule has 0 unspecified atom stereocenters. The molecule has 0 amide bonds. The Morgan fingerprint density at radius 3 is 2.35 bits per heavy atom. The lowest BCUT2D eigenvalue weighted by molar-refractivity contribution is 0.284. The van der Waals surface area contributed by atoms with Crippen molar-refractivity contribution in [2.75, 3.05) is 19.0 Å². The quantitative estimate of drug-likeness (QED) is 0.907. The van der Waals surface area contributed by atoms with Crippen LogP contribution in [-0.4, -0.2) is 24.2 Å². The lowest BCUT2D eigenvalue weighted by Crippen LogP contribution is -2.07. The lowest BCUT2D eigenvalue weighted by atomic mass is 10.2. The van der Waals surface area contributed by atoms with Crippen LogP contribution in [0.5, 0.6) is 0 Å². The van der Waals surface area contributed by atoms with Crippen molar-refractivity contribution in [3.05, 3.63) is 34.8 Å². The summed E-state index contributed by atoms with van der Waals surface area (Å²) in [5, 5.41) is 10.1. The largest absolute Gasteiger partial charge is 0.391 e. The molecule has 4 heteroatoms. The van der Waals surface area contributed by atoms with E-state index in [2.05, 4.69) is 34.1 Å². The summed E-state index contributed by atoms with van der Waals surface area (Å²) in [6.45, 7) is 2.00. The monoisotopic (exact) mass is 248 g/mol. The number of thiazole rings is 1. The van der Waals surface area contributed by atoms with Crippen LogP contribution >= 0.6 is 11.3 Å². The summed E-state index contributed by atoms with van der Waals surface area (Å²) < 4.78 is 0. The molecular weight excluding hydrogens is 232 g/mol. The Morgan fingerprint density at radius 2 is 1.88 bits per heavy atom. The van der Waals surface area contributed by atoms with E-state index in [4.69, 9.17) is 5.11 Å². The van der Waals surface area contributed by atoms with Gasteiger partial charge in [0.05, 0.1) is 17.2 Å². The highest BCUT2D eigenvalue weighted by atomic mass is 32.1. The van der Waals surface area contributed by atoms with Crippen molar-refractivity contribution in [3.63, 3.8) is 0 Å². The number of aliphatic hydroxyl groups excluding tert-OH is 1. The number of nitrogens with zero attached hydrogens (tertiary/aromatic N) is 2. The van der Waals surface area contributed by atoms with Crippen LogP contribution in [0.4, 0.5) is 5.69 Å². The first-order valence-corrected chi connectivity index (χ1v) is 6.28. The van der Waals surface area contributed by atoms with Crippen LogP contribution in [0, 0.1) is 6.92 Å². The zero-order valence-corrected chi connectivity index (χ0v) is 11.1. The fourth-order valence-corrected chi connectivity index (χ4v) is 2.53. The van der Waals surface area contributed by atoms with Crippen LogP contribution in [0.25, 0.3) is 10.6 Å². The average Bonchev–Trinajstić information content (AvgIpc) is 2.70. The van der Waals surface area contributed by atoms with Crippen LogP contribution in [0.2, 0.25) is 0 Å². The summed E-state index contributed by atoms with van der Waals surface area (Å²) in [6.07, 6.45) is 0. The van der Waals surface area contributed by atoms with Gasteiger partial charge < -0.3 is 10.0 Å². The van der Waals surface area contributed by atoms with Gasteiger partial charge in [0, 0.05) is 25.3 Å². The van der Waals surface area contributed by atoms with Crippen molar-refractivity contribution in [1.29, 1.82) is 0 Å². The van der Waals surface area contributed by atoms with Crippen molar-refractivity contribution in [2.24, 2.45) is 0 Å². The molecular formula is C13H16N2OS. The Bertz CT molecular complexity index is 503. The predicted molar refractivity (Wildman–Crippen MR) is 72.5 cm³/mol. The first-order chi connectivity index (χ1) is 8.11. The second kappa shape index (κ2) is 4.85. The van der Waals surface area contributed by atoms with Crippen molar-refractivity contribution in [3.8, 4) is 10.6 Å². The molecule has 0 saturated carbocycles. The van der Waals surface area contributed by atoms with Gasteiger partial charge in [-0.05, 0) is 31.2 Å². The van der Waals surface area contributed by atoms with Gasteiger partial charge in [0.1, 0.15) is 5.01 Å². The molecule has 3 nitrogen and oxygen atoms in total. The lowest BCUT2D eigenvalue weighted by Gasteiger charge is -2.11. The van der Waals surface area contributed by atoms with Crippen LogP contribution in [0.15, 0.2) is 24.3 Å². The molecule has 0 bridgehead atoms. The fourth-order valence-electron chi connectivity index (χ4n) is 1.60. The molecule has 17 heavy (non-hydrogen) atoms. The number of aromatic nitrogens is 1. The van der Waals surface area contributed by atoms with Crippen LogP contribution < -0.4 is 4.90 Å². The number of anilines is 1. The van der Waals surface area contributed by atoms with E-state index >= 15 is 0 Å². The maximum absolute atomic E-state index is 9.16. The van der Waals surface area contributed by atoms with Gasteiger partial charge in [-0.15, -0.1) is 11.3 Å². The Kier molecular flexibility index (Phi) is 3.45. The van der Waals surface area contributed by atoms with Crippen LogP contribution in [-0.2, 0) is 6.61 Å². The first kappa shape index (κ1) is 12.1. The molecule has 1 aromatic carbocycles. The van der Waals surface area contributed by atoms with Gasteiger partial charge in [0.15, 0.2) is 0 Å². The summed E-state index contributed by atoms with van der Waals surface area (Å²) in [6, 6.07) is 8.28. The highest BCUT2D eigenvalue weighted by Crippen LogP contribution is 2.29. The SMILES string of the molecule is Cc1nc(-c2ccc(N(C)C)cc2)sc1CO. The van der Waals surface area contributed by atoms with Gasteiger partial charge in [-0.2, -0.15) is 0 Å². The van der Waals surface area contributed by atoms with E-state index in [9.17, 15) is 0 Å². The molecule has 0 saturated heterocycles. The molecule has 0 aliphatic heterocycles. The molecule has 1 N–H and O–H groups in total. The number of benzene rings is 1. The van der Waals surface area contributed by atoms with E-state index in [1.807, 2.05) is 21.0 Å². The summed E-state index contributed by atoms with van der Waals surface area (Å²) in [5.74, 6) is 0. The highest BCUT2D eigenvalue weighted by Gasteiger charge is 2.08. The second-order valence-corrected chi connectivity index (χ2v) is 5.21. The normalized spacial score (nSPS) is 10.6. The molecule has 0 fully saturated rings. The van der Waals surface area contributed by atoms with Gasteiger partial charge >= 0.3 is 0 Å². The van der Waals surface area contributed by atoms with Gasteiger partial charge in [0.2, 0.25) is 0 Å². The highest BCUT2D eigenvalue weighted by molar-refractivity contribution is 7.15. The van der Waals surface area contributed by atoms with Gasteiger partial charge in [-0.25, -0.2) is 4.98 Å². The van der Waals surface area contributed by atoms with E-state index in [-0.39, 0.29) is 6.61 Å². The minimum Gasteiger partial charge on any atom is -0.391 e. The fraction of sp³-hybridized carbons (Fsp3) is 0.308. The van der Waals surface area contributed by atoms with E-state index in [0.717, 1.165) is 21.1 Å². The summed E-state index contributed by atoms with van der Waals surface area (Å²) >= 11 is 1.55. The van der Waals surface area contributed by atoms with Gasteiger partial charge in [-0.3, -0.25) is 0 Å². The molecule has 0 spiro atoms. The third-order valence-corrected chi connectivity index (χ3v) is 3.86. The zero-order valence-electron chi connectivity index (χ0n) is 10.3. The Balaban J connectivity index is 2.33. The topological polar surface area (TPSA) is 36.4 Å². The first-order valence-electron chi connectivity index (χ1n) is 5.46. The standard InChI is InChI=1S/C13H16N2OS/c1-9-12(8-16)17-13(14-9)10-4-6-11(7-5-10)15(2)3/h4-7,16H,8H2,1-3H3. The van der Waals surface area contributed by atoms with Crippen LogP contribution in [0.3, 0.4) is 0 Å². The molecule has 2 aromatic rings. The van der Waals surface area contributed by atoms with Crippen LogP contribution in [0.1, 0.15) is 10.6 Å². The molecule has 1 aromatic heterocycles. The van der Waals surface area contributed by atoms with E-state index < -0.39 is 0 Å². The second-order valence-electron chi connectivity index (χ2n) is 4.13. The van der Waals surface area contributed by atoms with Crippen molar-refractivity contribution in [2.45, 2.75) is 13.5 Å². The van der Waals surface area contributed by atoms with Gasteiger partial charge in [-0.1, -0.05) is 0 Å². The Morgan fingerprint density at radius 1 is 1.24 bits per heavy atom. The smallest absolute Gasteiger partial charge is 0.123 e. The third-order valence-electron chi connectivity index (χ3n) is 2.67. The molecule has 0 aliphatic carbocycles.